The summed E-state index contributed by atoms with van der Waals surface area (Å²) in [5, 5.41) is 7.93. The van der Waals surface area contributed by atoms with Gasteiger partial charge in [0.1, 0.15) is 6.04 Å². The van der Waals surface area contributed by atoms with Crippen LogP contribution in [-0.4, -0.2) is 17.9 Å². The molecule has 0 aliphatic heterocycles. The summed E-state index contributed by atoms with van der Waals surface area (Å²) >= 11 is 5.64. The van der Waals surface area contributed by atoms with E-state index >= 15 is 0 Å². The third kappa shape index (κ3) is 5.63. The molecular formula is C20H19ClF3N3O2. The summed E-state index contributed by atoms with van der Waals surface area (Å²) in [5.41, 5.74) is -0.148. The van der Waals surface area contributed by atoms with Crippen molar-refractivity contribution < 1.29 is 22.8 Å². The zero-order chi connectivity index (χ0) is 21.2. The Morgan fingerprint density at radius 2 is 1.66 bits per heavy atom. The largest absolute Gasteiger partial charge is 0.418 e. The number of anilines is 3. The molecule has 5 nitrogen and oxygen atoms in total. The number of carbonyl (C=O) groups excluding carboxylic acids is 2. The third-order valence-electron chi connectivity index (χ3n) is 4.42. The van der Waals surface area contributed by atoms with Gasteiger partial charge < -0.3 is 16.0 Å². The highest BCUT2D eigenvalue weighted by molar-refractivity contribution is 6.30. The molecule has 0 spiro atoms. The van der Waals surface area contributed by atoms with Gasteiger partial charge in [0.05, 0.1) is 11.3 Å². The highest BCUT2D eigenvalue weighted by Crippen LogP contribution is 2.36. The van der Waals surface area contributed by atoms with Crippen molar-refractivity contribution in [2.24, 2.45) is 5.92 Å². The monoisotopic (exact) mass is 425 g/mol. The maximum absolute atomic E-state index is 13.2. The van der Waals surface area contributed by atoms with Gasteiger partial charge in [-0.05, 0) is 62.2 Å². The van der Waals surface area contributed by atoms with Gasteiger partial charge in [0.25, 0.3) is 0 Å². The second-order valence-corrected chi connectivity index (χ2v) is 7.32. The Kier molecular flexibility index (Phi) is 6.02. The minimum atomic E-state index is -4.65. The molecule has 1 unspecified atom stereocenters. The van der Waals surface area contributed by atoms with Crippen LogP contribution in [0.5, 0.6) is 0 Å². The first kappa shape index (κ1) is 21.0. The lowest BCUT2D eigenvalue weighted by molar-refractivity contribution is -0.137. The number of amides is 2. The molecule has 29 heavy (non-hydrogen) atoms. The molecule has 0 saturated heterocycles. The summed E-state index contributed by atoms with van der Waals surface area (Å²) in [5.74, 6) is -0.559. The Labute approximate surface area is 170 Å². The maximum atomic E-state index is 13.2. The van der Waals surface area contributed by atoms with Gasteiger partial charge in [0, 0.05) is 22.3 Å². The fourth-order valence-corrected chi connectivity index (χ4v) is 2.83. The zero-order valence-electron chi connectivity index (χ0n) is 15.4. The Morgan fingerprint density at radius 3 is 2.24 bits per heavy atom. The van der Waals surface area contributed by atoms with Crippen LogP contribution in [0.4, 0.5) is 30.2 Å². The number of hydrogen-bond donors (Lipinski definition) is 3. The Bertz CT molecular complexity index is 912. The summed E-state index contributed by atoms with van der Waals surface area (Å²) in [7, 11) is 0. The molecule has 0 bridgehead atoms. The van der Waals surface area contributed by atoms with E-state index in [9.17, 15) is 22.8 Å². The molecule has 2 aromatic carbocycles. The third-order valence-corrected chi connectivity index (χ3v) is 4.66. The van der Waals surface area contributed by atoms with E-state index in [1.54, 1.807) is 24.3 Å². The van der Waals surface area contributed by atoms with E-state index in [1.807, 2.05) is 0 Å². The maximum Gasteiger partial charge on any atom is 0.418 e. The van der Waals surface area contributed by atoms with E-state index in [-0.39, 0.29) is 22.5 Å². The van der Waals surface area contributed by atoms with E-state index in [1.165, 1.54) is 13.0 Å². The normalized spacial score (nSPS) is 14.8. The smallest absolute Gasteiger partial charge is 0.374 e. The molecule has 9 heteroatoms. The van der Waals surface area contributed by atoms with Crippen LogP contribution < -0.4 is 16.0 Å². The van der Waals surface area contributed by atoms with Gasteiger partial charge >= 0.3 is 6.18 Å². The number of alkyl halides is 3. The SMILES string of the molecule is CC(Nc1ccc(NC(=O)C2CC2)cc1)C(=O)Nc1ccc(Cl)cc1C(F)(F)F. The van der Waals surface area contributed by atoms with Gasteiger partial charge in [-0.2, -0.15) is 13.2 Å². The molecule has 1 aliphatic rings. The predicted molar refractivity (Wildman–Crippen MR) is 106 cm³/mol. The second-order valence-electron chi connectivity index (χ2n) is 6.88. The highest BCUT2D eigenvalue weighted by atomic mass is 35.5. The molecule has 1 saturated carbocycles. The fourth-order valence-electron chi connectivity index (χ4n) is 2.66. The van der Waals surface area contributed by atoms with E-state index in [0.29, 0.717) is 11.4 Å². The average molecular weight is 426 g/mol. The number of carbonyl (C=O) groups is 2. The van der Waals surface area contributed by atoms with Crippen molar-refractivity contribution in [2.45, 2.75) is 32.0 Å². The van der Waals surface area contributed by atoms with Gasteiger partial charge in [-0.15, -0.1) is 0 Å². The molecule has 1 aliphatic carbocycles. The Hall–Kier alpha value is -2.74. The van der Waals surface area contributed by atoms with Crippen LogP contribution in [0.15, 0.2) is 42.5 Å². The molecule has 2 aromatic rings. The first-order valence-corrected chi connectivity index (χ1v) is 9.36. The van der Waals surface area contributed by atoms with Crippen molar-refractivity contribution in [1.82, 2.24) is 0 Å². The molecular weight excluding hydrogens is 407 g/mol. The van der Waals surface area contributed by atoms with Crippen molar-refractivity contribution in [1.29, 1.82) is 0 Å². The van der Waals surface area contributed by atoms with Gasteiger partial charge in [-0.1, -0.05) is 11.6 Å². The lowest BCUT2D eigenvalue weighted by atomic mass is 10.1. The lowest BCUT2D eigenvalue weighted by Crippen LogP contribution is -2.32. The van der Waals surface area contributed by atoms with E-state index in [4.69, 9.17) is 11.6 Å². The number of hydrogen-bond acceptors (Lipinski definition) is 3. The van der Waals surface area contributed by atoms with Crippen LogP contribution in [-0.2, 0) is 15.8 Å². The first-order chi connectivity index (χ1) is 13.6. The topological polar surface area (TPSA) is 70.2 Å². The summed E-state index contributed by atoms with van der Waals surface area (Å²) < 4.78 is 39.5. The van der Waals surface area contributed by atoms with Crippen molar-refractivity contribution in [2.75, 3.05) is 16.0 Å². The molecule has 2 amide bonds. The fraction of sp³-hybridized carbons (Fsp3) is 0.300. The summed E-state index contributed by atoms with van der Waals surface area (Å²) in [4.78, 5) is 24.1. The van der Waals surface area contributed by atoms with E-state index in [0.717, 1.165) is 25.0 Å². The minimum absolute atomic E-state index is 0.0121. The van der Waals surface area contributed by atoms with Crippen LogP contribution in [0, 0.1) is 5.92 Å². The quantitative estimate of drug-likeness (QED) is 0.599. The molecule has 154 valence electrons. The van der Waals surface area contributed by atoms with E-state index in [2.05, 4.69) is 16.0 Å². The number of halogens is 4. The summed E-state index contributed by atoms with van der Waals surface area (Å²) in [6.45, 7) is 1.53. The molecule has 3 rings (SSSR count). The average Bonchev–Trinajstić information content (AvgIpc) is 3.49. The van der Waals surface area contributed by atoms with Gasteiger partial charge in [-0.25, -0.2) is 0 Å². The minimum Gasteiger partial charge on any atom is -0.374 e. The van der Waals surface area contributed by atoms with Crippen LogP contribution in [0.1, 0.15) is 25.3 Å². The molecule has 1 atom stereocenters. The van der Waals surface area contributed by atoms with Gasteiger partial charge in [0.15, 0.2) is 0 Å². The zero-order valence-corrected chi connectivity index (χ0v) is 16.2. The van der Waals surface area contributed by atoms with E-state index < -0.39 is 23.7 Å². The van der Waals surface area contributed by atoms with Crippen molar-refractivity contribution in [3.05, 3.63) is 53.1 Å². The summed E-state index contributed by atoms with van der Waals surface area (Å²) in [6, 6.07) is 9.09. The first-order valence-electron chi connectivity index (χ1n) is 8.98. The Morgan fingerprint density at radius 1 is 1.03 bits per heavy atom. The van der Waals surface area contributed by atoms with Crippen LogP contribution in [0.3, 0.4) is 0 Å². The molecule has 0 radical (unpaired) electrons. The standard InChI is InChI=1S/C20H19ClF3N3O2/c1-11(18(28)27-17-9-4-13(21)10-16(17)20(22,23)24)25-14-5-7-15(8-6-14)26-19(29)12-2-3-12/h4-12,25H,2-3H2,1H3,(H,26,29)(H,27,28). The lowest BCUT2D eigenvalue weighted by Gasteiger charge is -2.18. The number of rotatable bonds is 6. The number of nitrogens with one attached hydrogen (secondary N) is 3. The van der Waals surface area contributed by atoms with Crippen LogP contribution in [0.2, 0.25) is 5.02 Å². The van der Waals surface area contributed by atoms with Crippen molar-refractivity contribution in [3.8, 4) is 0 Å². The van der Waals surface area contributed by atoms with Gasteiger partial charge in [0.2, 0.25) is 11.8 Å². The Balaban J connectivity index is 1.61. The highest BCUT2D eigenvalue weighted by Gasteiger charge is 2.34. The van der Waals surface area contributed by atoms with Crippen LogP contribution >= 0.6 is 11.6 Å². The van der Waals surface area contributed by atoms with Crippen molar-refractivity contribution >= 4 is 40.5 Å². The second kappa shape index (κ2) is 8.32. The summed E-state index contributed by atoms with van der Waals surface area (Å²) in [6.07, 6.45) is -2.84. The molecule has 0 aromatic heterocycles. The number of benzene rings is 2. The van der Waals surface area contributed by atoms with Gasteiger partial charge in [-0.3, -0.25) is 9.59 Å². The van der Waals surface area contributed by atoms with Crippen molar-refractivity contribution in [3.63, 3.8) is 0 Å². The molecule has 1 fully saturated rings. The molecule has 3 N–H and O–H groups in total. The van der Waals surface area contributed by atoms with Crippen LogP contribution in [0.25, 0.3) is 0 Å². The molecule has 0 heterocycles. The predicted octanol–water partition coefficient (Wildman–Crippen LogP) is 5.15.